The number of hydrogen-bond donors (Lipinski definition) is 1. The van der Waals surface area contributed by atoms with Gasteiger partial charge < -0.3 is 10.1 Å². The second kappa shape index (κ2) is 7.32. The Hall–Kier alpha value is -2.29. The van der Waals surface area contributed by atoms with Crippen LogP contribution in [0.15, 0.2) is 54.6 Å². The van der Waals surface area contributed by atoms with E-state index in [1.165, 1.54) is 11.1 Å². The van der Waals surface area contributed by atoms with Gasteiger partial charge in [0.15, 0.2) is 0 Å². The number of para-hydroxylation sites is 1. The Balaban J connectivity index is 1.45. The molecule has 1 amide bonds. The number of hydrogen-bond acceptors (Lipinski definition) is 2. The second-order valence-corrected chi connectivity index (χ2v) is 6.18. The van der Waals surface area contributed by atoms with Gasteiger partial charge in [0, 0.05) is 6.42 Å². The van der Waals surface area contributed by atoms with Gasteiger partial charge in [0.2, 0.25) is 5.91 Å². The molecule has 3 heteroatoms. The molecule has 3 nitrogen and oxygen atoms in total. The van der Waals surface area contributed by atoms with Crippen molar-refractivity contribution in [3.63, 3.8) is 0 Å². The lowest BCUT2D eigenvalue weighted by Gasteiger charge is -2.16. The van der Waals surface area contributed by atoms with E-state index in [4.69, 9.17) is 4.74 Å². The van der Waals surface area contributed by atoms with Crippen LogP contribution in [0.25, 0.3) is 0 Å². The van der Waals surface area contributed by atoms with Gasteiger partial charge in [-0.25, -0.2) is 0 Å². The van der Waals surface area contributed by atoms with Crippen LogP contribution in [0.4, 0.5) is 0 Å². The third kappa shape index (κ3) is 4.13. The van der Waals surface area contributed by atoms with Gasteiger partial charge >= 0.3 is 0 Å². The van der Waals surface area contributed by atoms with Crippen molar-refractivity contribution in [2.75, 3.05) is 6.54 Å². The largest absolute Gasteiger partial charge is 0.489 e. The number of carbonyl (C=O) groups excluding carboxylic acids is 1. The maximum Gasteiger partial charge on any atom is 0.220 e. The Labute approximate surface area is 137 Å². The Bertz CT molecular complexity index is 654. The molecule has 0 aromatic heterocycles. The standard InChI is InChI=1S/C20H23NO2/c1-15(23-18-8-3-2-4-9-18)14-21-20(22)13-17-12-11-16-7-5-6-10-19(16)17/h2-10,15,17H,11-14H2,1H3,(H,21,22). The lowest BCUT2D eigenvalue weighted by atomic mass is 9.97. The van der Waals surface area contributed by atoms with Crippen molar-refractivity contribution in [3.8, 4) is 5.75 Å². The third-order valence-corrected chi connectivity index (χ3v) is 4.36. The van der Waals surface area contributed by atoms with Gasteiger partial charge in [-0.1, -0.05) is 42.5 Å². The number of fused-ring (bicyclic) bond motifs is 1. The quantitative estimate of drug-likeness (QED) is 0.884. The average molecular weight is 309 g/mol. The van der Waals surface area contributed by atoms with E-state index in [0.717, 1.165) is 18.6 Å². The number of carbonyl (C=O) groups is 1. The smallest absolute Gasteiger partial charge is 0.220 e. The molecule has 1 aliphatic rings. The van der Waals surface area contributed by atoms with Crippen LogP contribution in [0, 0.1) is 0 Å². The van der Waals surface area contributed by atoms with E-state index >= 15 is 0 Å². The Morgan fingerprint density at radius 3 is 2.74 bits per heavy atom. The zero-order valence-electron chi connectivity index (χ0n) is 13.5. The van der Waals surface area contributed by atoms with E-state index in [9.17, 15) is 4.79 Å². The fraction of sp³-hybridized carbons (Fsp3) is 0.350. The van der Waals surface area contributed by atoms with Gasteiger partial charge in [0.1, 0.15) is 11.9 Å². The maximum atomic E-state index is 12.2. The molecule has 3 rings (SSSR count). The van der Waals surface area contributed by atoms with Crippen molar-refractivity contribution in [2.24, 2.45) is 0 Å². The zero-order valence-corrected chi connectivity index (χ0v) is 13.5. The van der Waals surface area contributed by atoms with Gasteiger partial charge in [0.25, 0.3) is 0 Å². The number of nitrogens with one attached hydrogen (secondary N) is 1. The lowest BCUT2D eigenvalue weighted by molar-refractivity contribution is -0.121. The van der Waals surface area contributed by atoms with Crippen LogP contribution in [0.5, 0.6) is 5.75 Å². The summed E-state index contributed by atoms with van der Waals surface area (Å²) in [6, 6.07) is 18.1. The molecule has 2 aromatic carbocycles. The second-order valence-electron chi connectivity index (χ2n) is 6.18. The number of ether oxygens (including phenoxy) is 1. The van der Waals surface area contributed by atoms with E-state index in [-0.39, 0.29) is 12.0 Å². The minimum Gasteiger partial charge on any atom is -0.489 e. The molecule has 0 fully saturated rings. The summed E-state index contributed by atoms with van der Waals surface area (Å²) in [7, 11) is 0. The fourth-order valence-electron chi connectivity index (χ4n) is 3.18. The summed E-state index contributed by atoms with van der Waals surface area (Å²) in [5.41, 5.74) is 2.74. The number of benzene rings is 2. The molecular formula is C20H23NO2. The monoisotopic (exact) mass is 309 g/mol. The highest BCUT2D eigenvalue weighted by molar-refractivity contribution is 5.77. The Morgan fingerprint density at radius 1 is 1.17 bits per heavy atom. The topological polar surface area (TPSA) is 38.3 Å². The van der Waals surface area contributed by atoms with Gasteiger partial charge in [-0.15, -0.1) is 0 Å². The Morgan fingerprint density at radius 2 is 1.91 bits per heavy atom. The molecule has 0 bridgehead atoms. The first-order valence-electron chi connectivity index (χ1n) is 8.28. The Kier molecular flexibility index (Phi) is 4.96. The summed E-state index contributed by atoms with van der Waals surface area (Å²) >= 11 is 0. The number of aryl methyl sites for hydroxylation is 1. The van der Waals surface area contributed by atoms with Crippen LogP contribution >= 0.6 is 0 Å². The first-order chi connectivity index (χ1) is 11.2. The summed E-state index contributed by atoms with van der Waals surface area (Å²) in [5.74, 6) is 1.30. The van der Waals surface area contributed by atoms with E-state index in [1.807, 2.05) is 37.3 Å². The van der Waals surface area contributed by atoms with Crippen LogP contribution < -0.4 is 10.1 Å². The van der Waals surface area contributed by atoms with E-state index in [1.54, 1.807) is 0 Å². The summed E-state index contributed by atoms with van der Waals surface area (Å²) in [4.78, 5) is 12.2. The average Bonchev–Trinajstić information content (AvgIpc) is 2.97. The van der Waals surface area contributed by atoms with E-state index < -0.39 is 0 Å². The summed E-state index contributed by atoms with van der Waals surface area (Å²) in [6.45, 7) is 2.50. The van der Waals surface area contributed by atoms with Crippen LogP contribution in [0.2, 0.25) is 0 Å². The molecule has 2 atom stereocenters. The minimum absolute atomic E-state index is 0.0442. The normalized spacial score (nSPS) is 17.3. The summed E-state index contributed by atoms with van der Waals surface area (Å²) in [6.07, 6.45) is 2.68. The molecule has 0 saturated carbocycles. The lowest BCUT2D eigenvalue weighted by Crippen LogP contribution is -2.34. The molecule has 0 spiro atoms. The molecule has 23 heavy (non-hydrogen) atoms. The van der Waals surface area contributed by atoms with Crippen molar-refractivity contribution in [1.29, 1.82) is 0 Å². The molecule has 2 aromatic rings. The minimum atomic E-state index is -0.0442. The SMILES string of the molecule is CC(CNC(=O)CC1CCc2ccccc21)Oc1ccccc1. The highest BCUT2D eigenvalue weighted by Gasteiger charge is 2.24. The summed E-state index contributed by atoms with van der Waals surface area (Å²) < 4.78 is 5.78. The van der Waals surface area contributed by atoms with E-state index in [2.05, 4.69) is 29.6 Å². The maximum absolute atomic E-state index is 12.2. The van der Waals surface area contributed by atoms with Gasteiger partial charge in [-0.2, -0.15) is 0 Å². The molecular weight excluding hydrogens is 286 g/mol. The highest BCUT2D eigenvalue weighted by atomic mass is 16.5. The van der Waals surface area contributed by atoms with Gasteiger partial charge in [-0.05, 0) is 48.9 Å². The van der Waals surface area contributed by atoms with Crippen LogP contribution in [0.3, 0.4) is 0 Å². The molecule has 120 valence electrons. The molecule has 2 unspecified atom stereocenters. The molecule has 0 aliphatic heterocycles. The van der Waals surface area contributed by atoms with Crippen LogP contribution in [-0.2, 0) is 11.2 Å². The van der Waals surface area contributed by atoms with Crippen LogP contribution in [-0.4, -0.2) is 18.6 Å². The molecule has 0 heterocycles. The number of amides is 1. The van der Waals surface area contributed by atoms with Crippen molar-refractivity contribution < 1.29 is 9.53 Å². The van der Waals surface area contributed by atoms with Gasteiger partial charge in [-0.3, -0.25) is 4.79 Å². The predicted octanol–water partition coefficient (Wildman–Crippen LogP) is 3.69. The highest BCUT2D eigenvalue weighted by Crippen LogP contribution is 2.34. The van der Waals surface area contributed by atoms with E-state index in [0.29, 0.717) is 18.9 Å². The molecule has 1 aliphatic carbocycles. The first-order valence-corrected chi connectivity index (χ1v) is 8.28. The zero-order chi connectivity index (χ0) is 16.1. The van der Waals surface area contributed by atoms with Crippen molar-refractivity contribution in [2.45, 2.75) is 38.2 Å². The van der Waals surface area contributed by atoms with Crippen molar-refractivity contribution in [3.05, 3.63) is 65.7 Å². The molecule has 1 N–H and O–H groups in total. The molecule has 0 radical (unpaired) electrons. The fourth-order valence-corrected chi connectivity index (χ4v) is 3.18. The number of rotatable bonds is 6. The first kappa shape index (κ1) is 15.6. The van der Waals surface area contributed by atoms with Gasteiger partial charge in [0.05, 0.1) is 6.54 Å². The van der Waals surface area contributed by atoms with Crippen LogP contribution in [0.1, 0.15) is 36.8 Å². The molecule has 0 saturated heterocycles. The predicted molar refractivity (Wildman–Crippen MR) is 91.7 cm³/mol. The summed E-state index contributed by atoms with van der Waals surface area (Å²) in [5, 5.41) is 3.00. The van der Waals surface area contributed by atoms with Crippen molar-refractivity contribution in [1.82, 2.24) is 5.32 Å². The third-order valence-electron chi connectivity index (χ3n) is 4.36. The van der Waals surface area contributed by atoms with Crippen molar-refractivity contribution >= 4 is 5.91 Å².